The fraction of sp³-hybridized carbons (Fsp3) is 0.474. The first-order valence-corrected chi connectivity index (χ1v) is 8.94. The first kappa shape index (κ1) is 16.1. The van der Waals surface area contributed by atoms with Gasteiger partial charge in [0.25, 0.3) is 5.91 Å². The van der Waals surface area contributed by atoms with E-state index in [-0.39, 0.29) is 5.91 Å². The number of aromatic nitrogens is 2. The molecule has 2 aliphatic rings. The van der Waals surface area contributed by atoms with Crippen LogP contribution >= 0.6 is 0 Å². The van der Waals surface area contributed by atoms with Crippen LogP contribution in [0.1, 0.15) is 40.5 Å². The minimum atomic E-state index is -0.0415. The number of hydrogen-bond donors (Lipinski definition) is 1. The standard InChI is InChI=1S/C19H24N4O2/c1-14-10-15(2-5-18(14)22-6-8-25-9-7-22)19(24)21-12-17-11-20-13-23(17)16-3-4-16/h2,5,10-11,13,16H,3-4,6-9,12H2,1H3,(H,21,24). The quantitative estimate of drug-likeness (QED) is 0.907. The number of benzene rings is 1. The molecule has 0 bridgehead atoms. The molecule has 1 aliphatic heterocycles. The molecule has 1 aliphatic carbocycles. The Kier molecular flexibility index (Phi) is 4.44. The Morgan fingerprint density at radius 3 is 2.84 bits per heavy atom. The Hall–Kier alpha value is -2.34. The molecule has 4 rings (SSSR count). The van der Waals surface area contributed by atoms with Gasteiger partial charge in [0.05, 0.1) is 31.8 Å². The van der Waals surface area contributed by atoms with Gasteiger partial charge in [0.2, 0.25) is 0 Å². The van der Waals surface area contributed by atoms with Gasteiger partial charge in [-0.05, 0) is 43.5 Å². The second kappa shape index (κ2) is 6.88. The Bertz CT molecular complexity index is 761. The molecule has 6 heteroatoms. The van der Waals surface area contributed by atoms with Gasteiger partial charge in [-0.15, -0.1) is 0 Å². The van der Waals surface area contributed by atoms with Crippen molar-refractivity contribution in [3.8, 4) is 0 Å². The zero-order valence-corrected chi connectivity index (χ0v) is 14.6. The molecular weight excluding hydrogens is 316 g/mol. The maximum atomic E-state index is 12.5. The van der Waals surface area contributed by atoms with Crippen LogP contribution in [0.5, 0.6) is 0 Å². The Balaban J connectivity index is 1.41. The summed E-state index contributed by atoms with van der Waals surface area (Å²) in [7, 11) is 0. The lowest BCUT2D eigenvalue weighted by molar-refractivity contribution is 0.0950. The Morgan fingerprint density at radius 2 is 2.12 bits per heavy atom. The molecular formula is C19H24N4O2. The lowest BCUT2D eigenvalue weighted by Crippen LogP contribution is -2.36. The molecule has 132 valence electrons. The van der Waals surface area contributed by atoms with Crippen LogP contribution < -0.4 is 10.2 Å². The Morgan fingerprint density at radius 1 is 1.32 bits per heavy atom. The number of carbonyl (C=O) groups is 1. The molecule has 1 aromatic heterocycles. The topological polar surface area (TPSA) is 59.4 Å². The predicted octanol–water partition coefficient (Wildman–Crippen LogP) is 2.29. The lowest BCUT2D eigenvalue weighted by atomic mass is 10.1. The van der Waals surface area contributed by atoms with Crippen LogP contribution in [0.4, 0.5) is 5.69 Å². The number of ether oxygens (including phenoxy) is 1. The van der Waals surface area contributed by atoms with E-state index in [1.165, 1.54) is 18.5 Å². The highest BCUT2D eigenvalue weighted by molar-refractivity contribution is 5.94. The van der Waals surface area contributed by atoms with Crippen molar-refractivity contribution < 1.29 is 9.53 Å². The van der Waals surface area contributed by atoms with Crippen molar-refractivity contribution in [1.82, 2.24) is 14.9 Å². The molecule has 25 heavy (non-hydrogen) atoms. The number of nitrogens with zero attached hydrogens (tertiary/aromatic N) is 3. The van der Waals surface area contributed by atoms with E-state index >= 15 is 0 Å². The van der Waals surface area contributed by atoms with Crippen molar-refractivity contribution in [2.24, 2.45) is 0 Å². The molecule has 1 amide bonds. The normalized spacial score (nSPS) is 17.6. The third kappa shape index (κ3) is 3.54. The number of aryl methyl sites for hydroxylation is 1. The summed E-state index contributed by atoms with van der Waals surface area (Å²) in [5, 5.41) is 3.02. The first-order chi connectivity index (χ1) is 12.2. The second-order valence-corrected chi connectivity index (χ2v) is 6.81. The third-order valence-electron chi connectivity index (χ3n) is 4.93. The molecule has 1 N–H and O–H groups in total. The smallest absolute Gasteiger partial charge is 0.251 e. The maximum Gasteiger partial charge on any atom is 0.251 e. The van der Waals surface area contributed by atoms with Crippen molar-refractivity contribution in [3.05, 3.63) is 47.5 Å². The fourth-order valence-electron chi connectivity index (χ4n) is 3.38. The van der Waals surface area contributed by atoms with E-state index in [4.69, 9.17) is 4.74 Å². The van der Waals surface area contributed by atoms with Gasteiger partial charge >= 0.3 is 0 Å². The lowest BCUT2D eigenvalue weighted by Gasteiger charge is -2.30. The summed E-state index contributed by atoms with van der Waals surface area (Å²) in [4.78, 5) is 19.0. The molecule has 6 nitrogen and oxygen atoms in total. The molecule has 1 saturated carbocycles. The molecule has 0 atom stereocenters. The highest BCUT2D eigenvalue weighted by atomic mass is 16.5. The summed E-state index contributed by atoms with van der Waals surface area (Å²) < 4.78 is 7.58. The largest absolute Gasteiger partial charge is 0.378 e. The van der Waals surface area contributed by atoms with Crippen LogP contribution in [-0.4, -0.2) is 41.8 Å². The van der Waals surface area contributed by atoms with Gasteiger partial charge in [-0.1, -0.05) is 0 Å². The SMILES string of the molecule is Cc1cc(C(=O)NCc2cncn2C2CC2)ccc1N1CCOCC1. The highest BCUT2D eigenvalue weighted by Gasteiger charge is 2.25. The number of hydrogen-bond acceptors (Lipinski definition) is 4. The monoisotopic (exact) mass is 340 g/mol. The third-order valence-corrected chi connectivity index (χ3v) is 4.93. The van der Waals surface area contributed by atoms with Gasteiger partial charge in [-0.3, -0.25) is 4.79 Å². The van der Waals surface area contributed by atoms with E-state index in [1.807, 2.05) is 30.7 Å². The van der Waals surface area contributed by atoms with Gasteiger partial charge in [-0.25, -0.2) is 4.98 Å². The van der Waals surface area contributed by atoms with Gasteiger partial charge in [0.15, 0.2) is 0 Å². The summed E-state index contributed by atoms with van der Waals surface area (Å²) in [5.74, 6) is -0.0415. The summed E-state index contributed by atoms with van der Waals surface area (Å²) in [6.07, 6.45) is 6.12. The van der Waals surface area contributed by atoms with Gasteiger partial charge < -0.3 is 19.5 Å². The maximum absolute atomic E-state index is 12.5. The van der Waals surface area contributed by atoms with Crippen LogP contribution in [0.2, 0.25) is 0 Å². The van der Waals surface area contributed by atoms with E-state index in [0.29, 0.717) is 18.2 Å². The number of carbonyl (C=O) groups excluding carboxylic acids is 1. The number of rotatable bonds is 5. The fourth-order valence-corrected chi connectivity index (χ4v) is 3.38. The zero-order valence-electron chi connectivity index (χ0n) is 14.6. The number of morpholine rings is 1. The van der Waals surface area contributed by atoms with Crippen molar-refractivity contribution >= 4 is 11.6 Å². The molecule has 1 aromatic carbocycles. The summed E-state index contributed by atoms with van der Waals surface area (Å²) in [5.41, 5.74) is 4.08. The average Bonchev–Trinajstić information content (AvgIpc) is 3.38. The van der Waals surface area contributed by atoms with E-state index in [2.05, 4.69) is 26.7 Å². The van der Waals surface area contributed by atoms with Gasteiger partial charge in [-0.2, -0.15) is 0 Å². The van der Waals surface area contributed by atoms with Gasteiger partial charge in [0.1, 0.15) is 0 Å². The minimum absolute atomic E-state index is 0.0415. The van der Waals surface area contributed by atoms with E-state index < -0.39 is 0 Å². The number of imidazole rings is 1. The minimum Gasteiger partial charge on any atom is -0.378 e. The number of amides is 1. The summed E-state index contributed by atoms with van der Waals surface area (Å²) in [6.45, 7) is 5.89. The van der Waals surface area contributed by atoms with Crippen LogP contribution in [0.3, 0.4) is 0 Å². The van der Waals surface area contributed by atoms with Crippen LogP contribution in [0.15, 0.2) is 30.7 Å². The molecule has 0 unspecified atom stereocenters. The van der Waals surface area contributed by atoms with Crippen LogP contribution in [-0.2, 0) is 11.3 Å². The molecule has 2 heterocycles. The number of nitrogens with one attached hydrogen (secondary N) is 1. The second-order valence-electron chi connectivity index (χ2n) is 6.81. The van der Waals surface area contributed by atoms with E-state index in [1.54, 1.807) is 0 Å². The van der Waals surface area contributed by atoms with Crippen LogP contribution in [0.25, 0.3) is 0 Å². The highest BCUT2D eigenvalue weighted by Crippen LogP contribution is 2.35. The van der Waals surface area contributed by atoms with Gasteiger partial charge in [0, 0.05) is 36.6 Å². The predicted molar refractivity (Wildman–Crippen MR) is 95.9 cm³/mol. The molecule has 2 aromatic rings. The molecule has 0 spiro atoms. The van der Waals surface area contributed by atoms with E-state index in [9.17, 15) is 4.79 Å². The Labute approximate surface area is 147 Å². The van der Waals surface area contributed by atoms with Crippen molar-refractivity contribution in [2.45, 2.75) is 32.4 Å². The van der Waals surface area contributed by atoms with Crippen molar-refractivity contribution in [1.29, 1.82) is 0 Å². The first-order valence-electron chi connectivity index (χ1n) is 8.94. The van der Waals surface area contributed by atoms with Crippen LogP contribution in [0, 0.1) is 6.92 Å². The van der Waals surface area contributed by atoms with Crippen molar-refractivity contribution in [2.75, 3.05) is 31.2 Å². The molecule has 0 radical (unpaired) electrons. The van der Waals surface area contributed by atoms with Crippen molar-refractivity contribution in [3.63, 3.8) is 0 Å². The average molecular weight is 340 g/mol. The number of anilines is 1. The summed E-state index contributed by atoms with van der Waals surface area (Å²) in [6, 6.07) is 6.50. The van der Waals surface area contributed by atoms with E-state index in [0.717, 1.165) is 37.6 Å². The zero-order chi connectivity index (χ0) is 17.2. The molecule has 2 fully saturated rings. The summed E-state index contributed by atoms with van der Waals surface area (Å²) >= 11 is 0. The molecule has 1 saturated heterocycles.